The van der Waals surface area contributed by atoms with Crippen LogP contribution < -0.4 is 0 Å². The van der Waals surface area contributed by atoms with Crippen LogP contribution in [0.3, 0.4) is 0 Å². The Morgan fingerprint density at radius 3 is 2.62 bits per heavy atom. The number of fused-ring (bicyclic) bond motifs is 1. The molecular weight excluding hydrogens is 288 g/mol. The van der Waals surface area contributed by atoms with Crippen molar-refractivity contribution in [2.75, 3.05) is 25.4 Å². The van der Waals surface area contributed by atoms with Gasteiger partial charge in [-0.1, -0.05) is 24.3 Å². The van der Waals surface area contributed by atoms with Gasteiger partial charge < -0.3 is 4.90 Å². The molecule has 1 amide bonds. The van der Waals surface area contributed by atoms with Crippen LogP contribution in [0.15, 0.2) is 24.3 Å². The second kappa shape index (κ2) is 5.77. The van der Waals surface area contributed by atoms with Gasteiger partial charge in [-0.05, 0) is 30.4 Å². The number of nitrogens with zero attached hydrogens (tertiary/aromatic N) is 2. The first kappa shape index (κ1) is 14.5. The first-order chi connectivity index (χ1) is 10.1. The van der Waals surface area contributed by atoms with Crippen LogP contribution in [0.5, 0.6) is 0 Å². The van der Waals surface area contributed by atoms with Gasteiger partial charge in [0.05, 0.1) is 12.3 Å². The molecule has 114 valence electrons. The third-order valence-electron chi connectivity index (χ3n) is 4.25. The molecule has 0 unspecified atom stereocenters. The van der Waals surface area contributed by atoms with Gasteiger partial charge >= 0.3 is 0 Å². The monoisotopic (exact) mass is 308 g/mol. The van der Waals surface area contributed by atoms with E-state index in [0.29, 0.717) is 26.1 Å². The average Bonchev–Trinajstić information content (AvgIpc) is 2.48. The van der Waals surface area contributed by atoms with Gasteiger partial charge in [0.1, 0.15) is 0 Å². The zero-order valence-electron chi connectivity index (χ0n) is 12.0. The Kier molecular flexibility index (Phi) is 3.99. The molecule has 1 fully saturated rings. The van der Waals surface area contributed by atoms with Gasteiger partial charge in [0.15, 0.2) is 0 Å². The van der Waals surface area contributed by atoms with Crippen molar-refractivity contribution < 1.29 is 13.2 Å². The van der Waals surface area contributed by atoms with Crippen molar-refractivity contribution in [2.24, 2.45) is 0 Å². The lowest BCUT2D eigenvalue weighted by atomic mass is 10.00. The molecule has 1 aromatic rings. The van der Waals surface area contributed by atoms with Crippen LogP contribution in [0.2, 0.25) is 0 Å². The fraction of sp³-hybridized carbons (Fsp3) is 0.533. The van der Waals surface area contributed by atoms with E-state index in [1.54, 1.807) is 4.90 Å². The zero-order chi connectivity index (χ0) is 14.9. The van der Waals surface area contributed by atoms with Crippen molar-refractivity contribution >= 4 is 15.9 Å². The minimum Gasteiger partial charge on any atom is -0.337 e. The van der Waals surface area contributed by atoms with E-state index in [1.807, 2.05) is 18.2 Å². The molecule has 5 nitrogen and oxygen atoms in total. The number of carbonyl (C=O) groups excluding carboxylic acids is 1. The lowest BCUT2D eigenvalue weighted by Gasteiger charge is -2.32. The van der Waals surface area contributed by atoms with E-state index < -0.39 is 10.0 Å². The van der Waals surface area contributed by atoms with Gasteiger partial charge in [-0.2, -0.15) is 4.31 Å². The Morgan fingerprint density at radius 2 is 1.86 bits per heavy atom. The average molecular weight is 308 g/mol. The summed E-state index contributed by atoms with van der Waals surface area (Å²) in [5.41, 5.74) is 2.45. The van der Waals surface area contributed by atoms with Gasteiger partial charge in [0.25, 0.3) is 0 Å². The Bertz CT molecular complexity index is 642. The Morgan fingerprint density at radius 1 is 1.10 bits per heavy atom. The predicted molar refractivity (Wildman–Crippen MR) is 80.2 cm³/mol. The molecule has 3 rings (SSSR count). The summed E-state index contributed by atoms with van der Waals surface area (Å²) >= 11 is 0. The van der Waals surface area contributed by atoms with E-state index in [0.717, 1.165) is 12.8 Å². The van der Waals surface area contributed by atoms with E-state index in [1.165, 1.54) is 15.4 Å². The van der Waals surface area contributed by atoms with Crippen molar-refractivity contribution in [1.29, 1.82) is 0 Å². The van der Waals surface area contributed by atoms with Crippen LogP contribution in [-0.2, 0) is 27.8 Å². The van der Waals surface area contributed by atoms with Crippen molar-refractivity contribution in [1.82, 2.24) is 9.21 Å². The van der Waals surface area contributed by atoms with Gasteiger partial charge in [0, 0.05) is 19.6 Å². The number of hydrogen-bond donors (Lipinski definition) is 0. The maximum absolute atomic E-state index is 12.4. The molecule has 0 spiro atoms. The molecule has 1 aromatic carbocycles. The standard InChI is InChI=1S/C15H20N2O3S/c18-15(12-17-8-3-4-10-21(17,19)20)16-9-7-13-5-1-2-6-14(13)11-16/h1-2,5-6H,3-4,7-12H2. The molecule has 1 saturated heterocycles. The van der Waals surface area contributed by atoms with Crippen LogP contribution in [0.4, 0.5) is 0 Å². The van der Waals surface area contributed by atoms with E-state index in [2.05, 4.69) is 6.07 Å². The number of benzene rings is 1. The van der Waals surface area contributed by atoms with E-state index in [4.69, 9.17) is 0 Å². The summed E-state index contributed by atoms with van der Waals surface area (Å²) in [7, 11) is -3.23. The smallest absolute Gasteiger partial charge is 0.238 e. The highest BCUT2D eigenvalue weighted by atomic mass is 32.2. The minimum absolute atomic E-state index is 0.00942. The lowest BCUT2D eigenvalue weighted by molar-refractivity contribution is -0.132. The number of carbonyl (C=O) groups is 1. The van der Waals surface area contributed by atoms with Gasteiger partial charge in [-0.3, -0.25) is 4.79 Å². The first-order valence-corrected chi connectivity index (χ1v) is 8.99. The summed E-state index contributed by atoms with van der Waals surface area (Å²) in [5, 5.41) is 0. The molecule has 2 aliphatic heterocycles. The fourth-order valence-corrected chi connectivity index (χ4v) is 4.52. The summed E-state index contributed by atoms with van der Waals surface area (Å²) in [6.07, 6.45) is 2.38. The van der Waals surface area contributed by atoms with Gasteiger partial charge in [0.2, 0.25) is 15.9 Å². The van der Waals surface area contributed by atoms with Crippen molar-refractivity contribution in [3.63, 3.8) is 0 Å². The summed E-state index contributed by atoms with van der Waals surface area (Å²) in [4.78, 5) is 14.2. The third kappa shape index (κ3) is 3.11. The van der Waals surface area contributed by atoms with E-state index in [9.17, 15) is 13.2 Å². The first-order valence-electron chi connectivity index (χ1n) is 7.39. The van der Waals surface area contributed by atoms with Crippen LogP contribution in [0, 0.1) is 0 Å². The maximum Gasteiger partial charge on any atom is 0.238 e. The van der Waals surface area contributed by atoms with Crippen molar-refractivity contribution in [3.05, 3.63) is 35.4 Å². The summed E-state index contributed by atoms with van der Waals surface area (Å²) in [6, 6.07) is 8.11. The Labute approximate surface area is 125 Å². The molecule has 0 aromatic heterocycles. The quantitative estimate of drug-likeness (QED) is 0.819. The number of sulfonamides is 1. The topological polar surface area (TPSA) is 57.7 Å². The van der Waals surface area contributed by atoms with Gasteiger partial charge in [-0.25, -0.2) is 8.42 Å². The molecule has 21 heavy (non-hydrogen) atoms. The summed E-state index contributed by atoms with van der Waals surface area (Å²) in [5.74, 6) is 0.0818. The zero-order valence-corrected chi connectivity index (χ0v) is 12.8. The van der Waals surface area contributed by atoms with E-state index in [-0.39, 0.29) is 18.2 Å². The predicted octanol–water partition coefficient (Wildman–Crippen LogP) is 0.997. The molecule has 0 atom stereocenters. The second-order valence-corrected chi connectivity index (χ2v) is 7.78. The van der Waals surface area contributed by atoms with Crippen LogP contribution in [-0.4, -0.2) is 48.9 Å². The third-order valence-corrected chi connectivity index (χ3v) is 6.15. The van der Waals surface area contributed by atoms with Crippen molar-refractivity contribution in [3.8, 4) is 0 Å². The number of amides is 1. The van der Waals surface area contributed by atoms with Crippen LogP contribution in [0.25, 0.3) is 0 Å². The normalized spacial score (nSPS) is 21.8. The molecule has 0 N–H and O–H groups in total. The second-order valence-electron chi connectivity index (χ2n) is 5.69. The summed E-state index contributed by atoms with van der Waals surface area (Å²) < 4.78 is 25.3. The highest BCUT2D eigenvalue weighted by molar-refractivity contribution is 7.89. The molecule has 6 heteroatoms. The summed E-state index contributed by atoms with van der Waals surface area (Å²) in [6.45, 7) is 1.72. The maximum atomic E-state index is 12.4. The van der Waals surface area contributed by atoms with Gasteiger partial charge in [-0.15, -0.1) is 0 Å². The lowest BCUT2D eigenvalue weighted by Crippen LogP contribution is -2.46. The van der Waals surface area contributed by atoms with Crippen molar-refractivity contribution in [2.45, 2.75) is 25.8 Å². The van der Waals surface area contributed by atoms with Crippen LogP contribution in [0.1, 0.15) is 24.0 Å². The SMILES string of the molecule is O=C(CN1CCCCS1(=O)=O)N1CCc2ccccc2C1. The minimum atomic E-state index is -3.23. The highest BCUT2D eigenvalue weighted by Crippen LogP contribution is 2.19. The Hall–Kier alpha value is -1.40. The largest absolute Gasteiger partial charge is 0.337 e. The molecule has 0 saturated carbocycles. The molecule has 2 aliphatic rings. The Balaban J connectivity index is 1.67. The number of hydrogen-bond acceptors (Lipinski definition) is 3. The molecule has 0 bridgehead atoms. The molecule has 0 radical (unpaired) electrons. The number of rotatable bonds is 2. The highest BCUT2D eigenvalue weighted by Gasteiger charge is 2.30. The molecular formula is C15H20N2O3S. The molecule has 2 heterocycles. The van der Waals surface area contributed by atoms with Crippen LogP contribution >= 0.6 is 0 Å². The molecule has 0 aliphatic carbocycles. The van der Waals surface area contributed by atoms with E-state index >= 15 is 0 Å². The fourth-order valence-electron chi connectivity index (χ4n) is 2.98.